The third-order valence-electron chi connectivity index (χ3n) is 19.0. The van der Waals surface area contributed by atoms with Crippen LogP contribution < -0.4 is 16.1 Å². The molecule has 6 N–H and O–H groups in total. The van der Waals surface area contributed by atoms with E-state index in [1.54, 1.807) is 54.6 Å². The number of ketones is 1. The molecule has 5 aromatic carbocycles. The Morgan fingerprint density at radius 3 is 1.96 bits per heavy atom. The summed E-state index contributed by atoms with van der Waals surface area (Å²) >= 11 is 0. The first kappa shape index (κ1) is 66.9. The van der Waals surface area contributed by atoms with Gasteiger partial charge in [0, 0.05) is 71.9 Å². The van der Waals surface area contributed by atoms with Crippen molar-refractivity contribution < 1.29 is 105 Å². The van der Waals surface area contributed by atoms with Gasteiger partial charge in [-0.05, 0) is 91.6 Å². The Morgan fingerprint density at radius 2 is 1.34 bits per heavy atom. The molecule has 0 aromatic heterocycles. The van der Waals surface area contributed by atoms with Gasteiger partial charge in [-0.2, -0.15) is 0 Å². The maximum atomic E-state index is 16.6. The van der Waals surface area contributed by atoms with Crippen LogP contribution in [0.2, 0.25) is 0 Å². The second-order valence-corrected chi connectivity index (χ2v) is 25.1. The van der Waals surface area contributed by atoms with Crippen molar-refractivity contribution in [3.63, 3.8) is 0 Å². The predicted octanol–water partition coefficient (Wildman–Crippen LogP) is 7.67. The number of aliphatic hydroxyl groups excluding tert-OH is 1. The molecule has 2 saturated carbocycles. The average Bonchev–Trinajstić information content (AvgIpc) is 0.668. The fraction of sp³-hybridized carbons (Fsp3) is 0.324. The zero-order chi connectivity index (χ0) is 69.2. The number of phenolic OH excluding ortho intramolecular Hbond substituents is 1. The fourth-order valence-corrected chi connectivity index (χ4v) is 14.2. The number of ether oxygens (including phenoxy) is 6. The lowest BCUT2D eigenvalue weighted by Gasteiger charge is -2.67. The minimum atomic E-state index is -2.66. The topological polar surface area (TPSA) is 344 Å². The summed E-state index contributed by atoms with van der Waals surface area (Å²) in [7, 11) is 0. The summed E-state index contributed by atoms with van der Waals surface area (Å²) in [4.78, 5) is 142. The van der Waals surface area contributed by atoms with Crippen molar-refractivity contribution in [3.05, 3.63) is 194 Å². The number of amides is 2. The maximum absolute atomic E-state index is 16.6. The maximum Gasteiger partial charge on any atom is 0.338 e. The predicted molar refractivity (Wildman–Crippen MR) is 332 cm³/mol. The van der Waals surface area contributed by atoms with Crippen molar-refractivity contribution in [2.24, 2.45) is 16.7 Å². The summed E-state index contributed by atoms with van der Waals surface area (Å²) in [6, 6.07) is 26.6. The minimum absolute atomic E-state index is 0.00540. The Bertz CT molecular complexity index is 4420. The number of aliphatic hydroxyl groups is 2. The Labute approximate surface area is 545 Å². The molecule has 96 heavy (non-hydrogen) atoms. The number of carbonyl (C=O) groups is 9. The summed E-state index contributed by atoms with van der Waals surface area (Å²) in [5, 5.41) is 52.2. The number of benzene rings is 6. The number of Topliss-reactive ketones (excluding diaryl/α,β-unsaturated/α-hetero) is 1. The number of nitrogens with one attached hydrogen (secondary N) is 2. The van der Waals surface area contributed by atoms with Crippen LogP contribution in [0.1, 0.15) is 114 Å². The number of rotatable bonds is 16. The number of aromatic hydroxyl groups is 1. The van der Waals surface area contributed by atoms with E-state index in [4.69, 9.17) is 32.8 Å². The Morgan fingerprint density at radius 1 is 0.708 bits per heavy atom. The molecule has 6 aliphatic rings. The van der Waals surface area contributed by atoms with Crippen LogP contribution in [0, 0.1) is 28.4 Å². The number of fused-ring (bicyclic) bond motifs is 7. The highest BCUT2D eigenvalue weighted by molar-refractivity contribution is 6.09. The summed E-state index contributed by atoms with van der Waals surface area (Å²) in [6.45, 7) is 8.32. The van der Waals surface area contributed by atoms with Gasteiger partial charge >= 0.3 is 35.8 Å². The van der Waals surface area contributed by atoms with Crippen molar-refractivity contribution in [2.45, 2.75) is 121 Å². The van der Waals surface area contributed by atoms with Gasteiger partial charge in [-0.3, -0.25) is 28.8 Å². The lowest BCUT2D eigenvalue weighted by Crippen LogP contribution is -2.82. The highest BCUT2D eigenvalue weighted by Crippen LogP contribution is 2.65. The molecule has 12 atom stereocenters. The van der Waals surface area contributed by atoms with Crippen LogP contribution >= 0.6 is 0 Å². The monoisotopic (exact) mass is 1320 g/mol. The number of carboxylic acids is 1. The second kappa shape index (κ2) is 25.3. The van der Waals surface area contributed by atoms with Crippen LogP contribution in [0.25, 0.3) is 33.4 Å². The lowest BCUT2D eigenvalue weighted by molar-refractivity contribution is -0.346. The molecule has 2 heterocycles. The third-order valence-corrected chi connectivity index (χ3v) is 19.0. The molecule has 2 aliphatic heterocycles. The molecular weight excluding hydrogens is 1250 g/mol. The van der Waals surface area contributed by atoms with Crippen LogP contribution in [0.3, 0.4) is 0 Å². The second-order valence-electron chi connectivity index (χ2n) is 25.1. The summed E-state index contributed by atoms with van der Waals surface area (Å²) in [5.41, 5.74) is -11.8. The van der Waals surface area contributed by atoms with Gasteiger partial charge < -0.3 is 63.9 Å². The first-order valence-electron chi connectivity index (χ1n) is 30.4. The van der Waals surface area contributed by atoms with E-state index in [0.29, 0.717) is 0 Å². The number of esters is 5. The standard InChI is InChI=1S/C71H64F2N2O21/c1-33-51(93-67(88)57(80)56(37-17-11-8-12-18-37)75-62(82)38-19-13-9-14-20-38)31-71(89)61(95-66(87)39-21-15-10-16-22-39)59-69(7,60(81)58(91-35(3)76)55(33)68(71,5)6)52(30-53-70(59,32-90-53)96-36(4)77)94-65(86)34(2)74-63(83)40-23-24-41(42(25-40)64(84)85)54-43-26-45(72)47(78)28-49(43)92-50-29-48(79)46(73)27-44(50)54/h8-29,34,51-53,56-59,61,78,80,89H,30-32H2,1-7H3,(H,74,83)(H,75,82)(H,84,85)/t34-,51?,52+,53?,56+,57-,58-,59?,61+,69-,70+,71-/m1/s1. The molecule has 4 aliphatic carbocycles. The number of carbonyl (C=O) groups excluding carboxylic acids is 8. The van der Waals surface area contributed by atoms with Gasteiger partial charge in [0.05, 0.1) is 35.1 Å². The largest absolute Gasteiger partial charge is 0.505 e. The highest BCUT2D eigenvalue weighted by Gasteiger charge is 2.79. The number of phenols is 1. The van der Waals surface area contributed by atoms with Gasteiger partial charge in [-0.25, -0.2) is 28.0 Å². The van der Waals surface area contributed by atoms with Gasteiger partial charge in [0.1, 0.15) is 47.4 Å². The van der Waals surface area contributed by atoms with Gasteiger partial charge in [0.15, 0.2) is 41.0 Å². The van der Waals surface area contributed by atoms with Crippen molar-refractivity contribution >= 4 is 64.4 Å². The molecule has 0 radical (unpaired) electrons. The zero-order valence-electron chi connectivity index (χ0n) is 52.5. The Balaban J connectivity index is 0.987. The molecule has 11 rings (SSSR count). The summed E-state index contributed by atoms with van der Waals surface area (Å²) < 4.78 is 73.3. The van der Waals surface area contributed by atoms with E-state index in [2.05, 4.69) is 10.6 Å². The molecule has 3 unspecified atom stereocenters. The normalized spacial score (nSPS) is 25.0. The van der Waals surface area contributed by atoms with E-state index in [0.717, 1.165) is 56.3 Å². The number of aromatic carboxylic acids is 1. The van der Waals surface area contributed by atoms with Gasteiger partial charge in [0.25, 0.3) is 11.8 Å². The highest BCUT2D eigenvalue weighted by atomic mass is 19.1. The molecule has 5 aromatic rings. The molecule has 2 bridgehead atoms. The fourth-order valence-electron chi connectivity index (χ4n) is 14.2. The van der Waals surface area contributed by atoms with Crippen molar-refractivity contribution in [1.29, 1.82) is 0 Å². The molecule has 3 fully saturated rings. The summed E-state index contributed by atoms with van der Waals surface area (Å²) in [5.74, 6) is -15.7. The van der Waals surface area contributed by atoms with Crippen LogP contribution in [0.4, 0.5) is 8.78 Å². The van der Waals surface area contributed by atoms with Gasteiger partial charge in [-0.15, -0.1) is 0 Å². The molecule has 1 saturated heterocycles. The van der Waals surface area contributed by atoms with Gasteiger partial charge in [0.2, 0.25) is 5.43 Å². The number of hydrogen-bond donors (Lipinski definition) is 6. The van der Waals surface area contributed by atoms with E-state index in [1.807, 2.05) is 0 Å². The molecule has 2 amide bonds. The van der Waals surface area contributed by atoms with E-state index in [-0.39, 0.29) is 61.3 Å². The Hall–Kier alpha value is -10.5. The first-order chi connectivity index (χ1) is 45.4. The molecular formula is C71H64F2N2O21. The minimum Gasteiger partial charge on any atom is -0.505 e. The third kappa shape index (κ3) is 11.6. The number of hydrogen-bond acceptors (Lipinski definition) is 20. The zero-order valence-corrected chi connectivity index (χ0v) is 52.5. The smallest absolute Gasteiger partial charge is 0.338 e. The van der Waals surface area contributed by atoms with E-state index < -0.39 is 183 Å². The van der Waals surface area contributed by atoms with Crippen molar-refractivity contribution in [2.75, 3.05) is 6.61 Å². The van der Waals surface area contributed by atoms with Gasteiger partial charge in [-0.1, -0.05) is 86.6 Å². The SMILES string of the molecule is CC(=O)O[C@H]1C(=O)[C@@]2(C)C([C@H](OC(=O)c3ccccc3)[C@]3(O)CC(OC(=O)[C@H](O)[C@@H](NC(=O)c4ccccc4)c4ccccc4)C(C)=C1C3(C)C)[C@]1(OC(C)=O)COC1C[C@@H]2OC(=O)[C@@H](C)NC(=O)c1ccc(-c2c3cc(F)c(=O)cc-3oc3cc(O)c(F)cc23)c(C(=O)O)c1. The molecule has 23 nitrogen and oxygen atoms in total. The quantitative estimate of drug-likeness (QED) is 0.0234. The number of halogens is 2. The first-order valence-corrected chi connectivity index (χ1v) is 30.4. The Kier molecular flexibility index (Phi) is 17.7. The molecule has 0 spiro atoms. The van der Waals surface area contributed by atoms with E-state index in [1.165, 1.54) is 71.0 Å². The van der Waals surface area contributed by atoms with E-state index >= 15 is 9.18 Å². The van der Waals surface area contributed by atoms with Crippen LogP contribution in [-0.4, -0.2) is 134 Å². The summed E-state index contributed by atoms with van der Waals surface area (Å²) in [6.07, 6.45) is -12.5. The van der Waals surface area contributed by atoms with Crippen LogP contribution in [0.5, 0.6) is 5.75 Å². The lowest BCUT2D eigenvalue weighted by atomic mass is 9.44. The van der Waals surface area contributed by atoms with Crippen LogP contribution in [0.15, 0.2) is 154 Å². The number of carboxylic acid groups (broad SMARTS) is 1. The average molecular weight is 1320 g/mol. The van der Waals surface area contributed by atoms with E-state index in [9.17, 15) is 68.0 Å². The van der Waals surface area contributed by atoms with Crippen LogP contribution in [-0.2, 0) is 52.4 Å². The van der Waals surface area contributed by atoms with Crippen molar-refractivity contribution in [3.8, 4) is 28.2 Å². The molecule has 25 heteroatoms. The molecule has 498 valence electrons. The van der Waals surface area contributed by atoms with Crippen molar-refractivity contribution in [1.82, 2.24) is 10.6 Å².